The molecule has 0 radical (unpaired) electrons. The smallest absolute Gasteiger partial charge is 0.139 e. The molecule has 1 N–H and O–H groups in total. The van der Waals surface area contributed by atoms with E-state index in [0.29, 0.717) is 6.04 Å². The molecule has 0 aliphatic carbocycles. The van der Waals surface area contributed by atoms with E-state index in [0.717, 1.165) is 12.7 Å². The number of hydrogen-bond donors (Lipinski definition) is 1. The number of piperidine rings is 1. The van der Waals surface area contributed by atoms with Crippen molar-refractivity contribution in [3.8, 4) is 0 Å². The van der Waals surface area contributed by atoms with Crippen molar-refractivity contribution in [2.24, 2.45) is 0 Å². The van der Waals surface area contributed by atoms with E-state index in [9.17, 15) is 4.79 Å². The third-order valence-electron chi connectivity index (χ3n) is 3.20. The van der Waals surface area contributed by atoms with Gasteiger partial charge in [0.2, 0.25) is 0 Å². The van der Waals surface area contributed by atoms with Crippen molar-refractivity contribution in [1.29, 1.82) is 0 Å². The molecule has 14 heavy (non-hydrogen) atoms. The van der Waals surface area contributed by atoms with Crippen LogP contribution < -0.4 is 5.32 Å². The van der Waals surface area contributed by atoms with Gasteiger partial charge >= 0.3 is 0 Å². The van der Waals surface area contributed by atoms with Gasteiger partial charge in [0, 0.05) is 6.04 Å². The highest BCUT2D eigenvalue weighted by Crippen LogP contribution is 2.23. The van der Waals surface area contributed by atoms with Crippen molar-refractivity contribution in [2.45, 2.75) is 70.4 Å². The minimum absolute atomic E-state index is 0.241. The second kappa shape index (κ2) is 5.50. The summed E-state index contributed by atoms with van der Waals surface area (Å²) in [5, 5.41) is 3.47. The molecule has 0 aromatic rings. The Balaban J connectivity index is 2.29. The van der Waals surface area contributed by atoms with Crippen LogP contribution in [0.1, 0.15) is 58.8 Å². The highest BCUT2D eigenvalue weighted by atomic mass is 16.1. The van der Waals surface area contributed by atoms with E-state index in [2.05, 4.69) is 12.2 Å². The fraction of sp³-hybridized carbons (Fsp3) is 0.917. The zero-order valence-corrected chi connectivity index (χ0v) is 9.51. The number of nitrogens with one attached hydrogen (secondary N) is 1. The Hall–Kier alpha value is -0.370. The Morgan fingerprint density at radius 1 is 1.50 bits per heavy atom. The van der Waals surface area contributed by atoms with E-state index in [1.165, 1.54) is 38.5 Å². The number of hydrogen-bond acceptors (Lipinski definition) is 2. The van der Waals surface area contributed by atoms with Crippen molar-refractivity contribution in [3.63, 3.8) is 0 Å². The van der Waals surface area contributed by atoms with Crippen molar-refractivity contribution in [2.75, 3.05) is 0 Å². The van der Waals surface area contributed by atoms with Gasteiger partial charge in [-0.1, -0.05) is 26.2 Å². The van der Waals surface area contributed by atoms with Crippen molar-refractivity contribution in [1.82, 2.24) is 5.32 Å². The summed E-state index contributed by atoms with van der Waals surface area (Å²) >= 11 is 0. The molecule has 0 amide bonds. The van der Waals surface area contributed by atoms with Crippen LogP contribution >= 0.6 is 0 Å². The monoisotopic (exact) mass is 197 g/mol. The molecule has 2 unspecified atom stereocenters. The van der Waals surface area contributed by atoms with Crippen LogP contribution in [0, 0.1) is 0 Å². The predicted octanol–water partition coefficient (Wildman–Crippen LogP) is 2.67. The summed E-state index contributed by atoms with van der Waals surface area (Å²) in [4.78, 5) is 10.9. The van der Waals surface area contributed by atoms with Gasteiger partial charge in [-0.15, -0.1) is 0 Å². The lowest BCUT2D eigenvalue weighted by Crippen LogP contribution is -2.52. The molecule has 0 aromatic carbocycles. The van der Waals surface area contributed by atoms with Crippen LogP contribution in [0.25, 0.3) is 0 Å². The molecule has 1 heterocycles. The number of carbonyl (C=O) groups is 1. The maximum absolute atomic E-state index is 10.9. The molecular formula is C12H23NO. The number of aldehydes is 1. The lowest BCUT2D eigenvalue weighted by molar-refractivity contribution is -0.114. The van der Waals surface area contributed by atoms with E-state index < -0.39 is 0 Å². The second-order valence-corrected chi connectivity index (χ2v) is 4.76. The molecule has 2 atom stereocenters. The summed E-state index contributed by atoms with van der Waals surface area (Å²) < 4.78 is 0. The van der Waals surface area contributed by atoms with Crippen LogP contribution in [-0.2, 0) is 4.79 Å². The number of rotatable bonds is 5. The first-order valence-electron chi connectivity index (χ1n) is 5.94. The van der Waals surface area contributed by atoms with Gasteiger partial charge in [-0.25, -0.2) is 0 Å². The molecular weight excluding hydrogens is 174 g/mol. The molecule has 1 aliphatic heterocycles. The summed E-state index contributed by atoms with van der Waals surface area (Å²) in [6.07, 6.45) is 9.64. The molecule has 0 bridgehead atoms. The molecule has 0 spiro atoms. The van der Waals surface area contributed by atoms with Crippen LogP contribution in [0.4, 0.5) is 0 Å². The first-order valence-corrected chi connectivity index (χ1v) is 5.94. The Morgan fingerprint density at radius 2 is 2.29 bits per heavy atom. The highest BCUT2D eigenvalue weighted by Gasteiger charge is 2.30. The largest absolute Gasteiger partial charge is 0.303 e. The zero-order chi connectivity index (χ0) is 10.4. The lowest BCUT2D eigenvalue weighted by Gasteiger charge is -2.35. The minimum atomic E-state index is -0.241. The summed E-state index contributed by atoms with van der Waals surface area (Å²) in [6.45, 7) is 4.25. The second-order valence-electron chi connectivity index (χ2n) is 4.76. The maximum atomic E-state index is 10.9. The SMILES string of the molecule is CCCCCC1CCCC(C)(C=O)N1. The topological polar surface area (TPSA) is 29.1 Å². The van der Waals surface area contributed by atoms with Gasteiger partial charge in [-0.2, -0.15) is 0 Å². The fourth-order valence-corrected chi connectivity index (χ4v) is 2.28. The third kappa shape index (κ3) is 3.41. The fourth-order valence-electron chi connectivity index (χ4n) is 2.28. The summed E-state index contributed by atoms with van der Waals surface area (Å²) in [5.74, 6) is 0. The number of unbranched alkanes of at least 4 members (excludes halogenated alkanes) is 2. The van der Waals surface area contributed by atoms with E-state index >= 15 is 0 Å². The molecule has 2 nitrogen and oxygen atoms in total. The number of carbonyl (C=O) groups excluding carboxylic acids is 1. The predicted molar refractivity (Wildman–Crippen MR) is 59.4 cm³/mol. The molecule has 1 aliphatic rings. The Morgan fingerprint density at radius 3 is 2.93 bits per heavy atom. The quantitative estimate of drug-likeness (QED) is 0.542. The normalized spacial score (nSPS) is 32.9. The van der Waals surface area contributed by atoms with E-state index in [-0.39, 0.29) is 5.54 Å². The Kier molecular flexibility index (Phi) is 4.59. The van der Waals surface area contributed by atoms with Gasteiger partial charge in [0.05, 0.1) is 5.54 Å². The van der Waals surface area contributed by atoms with E-state index in [4.69, 9.17) is 0 Å². The first kappa shape index (κ1) is 11.7. The van der Waals surface area contributed by atoms with Gasteiger partial charge in [-0.3, -0.25) is 0 Å². The average Bonchev–Trinajstić information content (AvgIpc) is 2.19. The van der Waals surface area contributed by atoms with Crippen LogP contribution in [0.2, 0.25) is 0 Å². The summed E-state index contributed by atoms with van der Waals surface area (Å²) in [7, 11) is 0. The van der Waals surface area contributed by atoms with Gasteiger partial charge < -0.3 is 10.1 Å². The first-order chi connectivity index (χ1) is 6.70. The molecule has 1 saturated heterocycles. The van der Waals surface area contributed by atoms with Crippen molar-refractivity contribution >= 4 is 6.29 Å². The third-order valence-corrected chi connectivity index (χ3v) is 3.20. The molecule has 0 saturated carbocycles. The van der Waals surface area contributed by atoms with E-state index in [1.807, 2.05) is 6.92 Å². The van der Waals surface area contributed by atoms with E-state index in [1.54, 1.807) is 0 Å². The lowest BCUT2D eigenvalue weighted by atomic mass is 9.87. The van der Waals surface area contributed by atoms with Crippen molar-refractivity contribution < 1.29 is 4.79 Å². The molecule has 2 heteroatoms. The zero-order valence-electron chi connectivity index (χ0n) is 9.51. The van der Waals surface area contributed by atoms with Gasteiger partial charge in [-0.05, 0) is 32.6 Å². The maximum Gasteiger partial charge on any atom is 0.139 e. The Bertz CT molecular complexity index is 181. The molecule has 1 fully saturated rings. The van der Waals surface area contributed by atoms with Crippen LogP contribution in [-0.4, -0.2) is 17.9 Å². The van der Waals surface area contributed by atoms with Crippen LogP contribution in [0.5, 0.6) is 0 Å². The van der Waals surface area contributed by atoms with Crippen molar-refractivity contribution in [3.05, 3.63) is 0 Å². The van der Waals surface area contributed by atoms with Crippen LogP contribution in [0.15, 0.2) is 0 Å². The van der Waals surface area contributed by atoms with Crippen LogP contribution in [0.3, 0.4) is 0 Å². The summed E-state index contributed by atoms with van der Waals surface area (Å²) in [5.41, 5.74) is -0.241. The molecule has 1 rings (SSSR count). The minimum Gasteiger partial charge on any atom is -0.303 e. The van der Waals surface area contributed by atoms with Gasteiger partial charge in [0.25, 0.3) is 0 Å². The molecule has 82 valence electrons. The molecule has 0 aromatic heterocycles. The van der Waals surface area contributed by atoms with Gasteiger partial charge in [0.15, 0.2) is 0 Å². The highest BCUT2D eigenvalue weighted by molar-refractivity contribution is 5.63. The van der Waals surface area contributed by atoms with Gasteiger partial charge in [0.1, 0.15) is 6.29 Å². The average molecular weight is 197 g/mol. The Labute approximate surface area is 87.5 Å². The summed E-state index contributed by atoms with van der Waals surface area (Å²) in [6, 6.07) is 0.575. The standard InChI is InChI=1S/C12H23NO/c1-3-4-5-7-11-8-6-9-12(2,10-14)13-11/h10-11,13H,3-9H2,1-2H3.